The second-order valence-corrected chi connectivity index (χ2v) is 6.88. The van der Waals surface area contributed by atoms with Crippen molar-refractivity contribution >= 4 is 34.0 Å². The van der Waals surface area contributed by atoms with Gasteiger partial charge in [0.25, 0.3) is 0 Å². The molecule has 1 saturated carbocycles. The van der Waals surface area contributed by atoms with E-state index in [2.05, 4.69) is 15.2 Å². The Morgan fingerprint density at radius 3 is 2.86 bits per heavy atom. The molecule has 1 saturated heterocycles. The molecule has 6 heteroatoms. The summed E-state index contributed by atoms with van der Waals surface area (Å²) >= 11 is 1.63. The minimum atomic E-state index is -0.174. The van der Waals surface area contributed by atoms with E-state index in [4.69, 9.17) is 0 Å². The van der Waals surface area contributed by atoms with Gasteiger partial charge in [-0.1, -0.05) is 0 Å². The van der Waals surface area contributed by atoms with Gasteiger partial charge >= 0.3 is 0 Å². The van der Waals surface area contributed by atoms with Crippen molar-refractivity contribution in [3.8, 4) is 0 Å². The average Bonchev–Trinajstić information content (AvgIpc) is 2.98. The standard InChI is InChI=1S/C15H18FN3S.ClH/c16-10-1-4-13-14(7-10)20-15(18-13)9-19(11-2-3-11)12-5-6-17-8-12;/h1,4,7,11-12,17H,2-3,5-6,8-9H2;1H. The Labute approximate surface area is 134 Å². The van der Waals surface area contributed by atoms with E-state index in [0.29, 0.717) is 6.04 Å². The predicted octanol–water partition coefficient (Wildman–Crippen LogP) is 3.18. The van der Waals surface area contributed by atoms with E-state index < -0.39 is 0 Å². The normalized spacial score (nSPS) is 21.9. The number of hydrogen-bond donors (Lipinski definition) is 1. The third kappa shape index (κ3) is 3.21. The van der Waals surface area contributed by atoms with Crippen LogP contribution in [-0.2, 0) is 6.54 Å². The number of benzene rings is 1. The van der Waals surface area contributed by atoms with Gasteiger partial charge in [-0.05, 0) is 44.0 Å². The van der Waals surface area contributed by atoms with E-state index in [1.54, 1.807) is 23.5 Å². The van der Waals surface area contributed by atoms with E-state index in [9.17, 15) is 4.39 Å². The molecule has 0 spiro atoms. The van der Waals surface area contributed by atoms with Crippen LogP contribution < -0.4 is 5.32 Å². The number of fused-ring (bicyclic) bond motifs is 1. The highest BCUT2D eigenvalue weighted by Crippen LogP contribution is 2.33. The first-order chi connectivity index (χ1) is 9.79. The van der Waals surface area contributed by atoms with Crippen LogP contribution >= 0.6 is 23.7 Å². The van der Waals surface area contributed by atoms with Crippen molar-refractivity contribution in [1.82, 2.24) is 15.2 Å². The van der Waals surface area contributed by atoms with Gasteiger partial charge in [-0.2, -0.15) is 0 Å². The van der Waals surface area contributed by atoms with Crippen LogP contribution in [0.4, 0.5) is 4.39 Å². The second-order valence-electron chi connectivity index (χ2n) is 5.77. The van der Waals surface area contributed by atoms with Crippen molar-refractivity contribution in [2.24, 2.45) is 0 Å². The van der Waals surface area contributed by atoms with Gasteiger partial charge in [-0.3, -0.25) is 4.90 Å². The number of nitrogens with one attached hydrogen (secondary N) is 1. The van der Waals surface area contributed by atoms with Crippen LogP contribution in [0.15, 0.2) is 18.2 Å². The average molecular weight is 328 g/mol. The summed E-state index contributed by atoms with van der Waals surface area (Å²) in [6.07, 6.45) is 3.86. The zero-order valence-corrected chi connectivity index (χ0v) is 13.4. The number of hydrogen-bond acceptors (Lipinski definition) is 4. The predicted molar refractivity (Wildman–Crippen MR) is 86.7 cm³/mol. The molecule has 3 nitrogen and oxygen atoms in total. The van der Waals surface area contributed by atoms with Crippen LogP contribution in [0.3, 0.4) is 0 Å². The molecule has 0 bridgehead atoms. The Balaban J connectivity index is 0.00000132. The molecule has 1 aromatic heterocycles. The van der Waals surface area contributed by atoms with E-state index in [1.807, 2.05) is 0 Å². The van der Waals surface area contributed by atoms with Crippen molar-refractivity contribution in [1.29, 1.82) is 0 Å². The zero-order valence-electron chi connectivity index (χ0n) is 11.7. The molecular formula is C15H19ClFN3S. The van der Waals surface area contributed by atoms with E-state index >= 15 is 0 Å². The van der Waals surface area contributed by atoms with Crippen LogP contribution in [0.1, 0.15) is 24.3 Å². The molecule has 21 heavy (non-hydrogen) atoms. The summed E-state index contributed by atoms with van der Waals surface area (Å²) in [5.74, 6) is -0.174. The van der Waals surface area contributed by atoms with Gasteiger partial charge in [0.15, 0.2) is 0 Å². The molecule has 2 aromatic rings. The lowest BCUT2D eigenvalue weighted by Crippen LogP contribution is -2.38. The highest BCUT2D eigenvalue weighted by atomic mass is 35.5. The first-order valence-corrected chi connectivity index (χ1v) is 8.13. The molecule has 4 rings (SSSR count). The topological polar surface area (TPSA) is 28.2 Å². The summed E-state index contributed by atoms with van der Waals surface area (Å²) in [5.41, 5.74) is 0.923. The Kier molecular flexibility index (Phi) is 4.45. The van der Waals surface area contributed by atoms with Crippen molar-refractivity contribution < 1.29 is 4.39 Å². The van der Waals surface area contributed by atoms with Crippen molar-refractivity contribution in [3.63, 3.8) is 0 Å². The lowest BCUT2D eigenvalue weighted by Gasteiger charge is -2.27. The van der Waals surface area contributed by atoms with Crippen LogP contribution in [0, 0.1) is 5.82 Å². The van der Waals surface area contributed by atoms with E-state index in [1.165, 1.54) is 25.3 Å². The lowest BCUT2D eigenvalue weighted by atomic mass is 10.2. The van der Waals surface area contributed by atoms with Crippen molar-refractivity contribution in [2.45, 2.75) is 37.9 Å². The fourth-order valence-corrected chi connectivity index (χ4v) is 4.06. The number of aromatic nitrogens is 1. The maximum Gasteiger partial charge on any atom is 0.124 e. The summed E-state index contributed by atoms with van der Waals surface area (Å²) in [5, 5.41) is 4.56. The largest absolute Gasteiger partial charge is 0.315 e. The number of nitrogens with zero attached hydrogens (tertiary/aromatic N) is 2. The molecule has 2 fully saturated rings. The molecule has 2 heterocycles. The molecule has 1 unspecified atom stereocenters. The maximum atomic E-state index is 13.3. The fourth-order valence-electron chi connectivity index (χ4n) is 3.05. The third-order valence-corrected chi connectivity index (χ3v) is 5.23. The number of thiazole rings is 1. The van der Waals surface area contributed by atoms with E-state index in [-0.39, 0.29) is 18.2 Å². The molecule has 114 valence electrons. The third-order valence-electron chi connectivity index (χ3n) is 4.23. The molecule has 1 aliphatic carbocycles. The minimum absolute atomic E-state index is 0. The Morgan fingerprint density at radius 1 is 1.29 bits per heavy atom. The van der Waals surface area contributed by atoms with Crippen LogP contribution in [0.2, 0.25) is 0 Å². The van der Waals surface area contributed by atoms with Crippen molar-refractivity contribution in [3.05, 3.63) is 29.0 Å². The Hall–Kier alpha value is -0.750. The molecule has 1 aliphatic heterocycles. The van der Waals surface area contributed by atoms with Crippen molar-refractivity contribution in [2.75, 3.05) is 13.1 Å². The van der Waals surface area contributed by atoms with Gasteiger partial charge in [0.1, 0.15) is 10.8 Å². The lowest BCUT2D eigenvalue weighted by molar-refractivity contribution is 0.188. The van der Waals surface area contributed by atoms with E-state index in [0.717, 1.165) is 40.9 Å². The van der Waals surface area contributed by atoms with Gasteiger partial charge < -0.3 is 5.32 Å². The monoisotopic (exact) mass is 327 g/mol. The Morgan fingerprint density at radius 2 is 2.14 bits per heavy atom. The fraction of sp³-hybridized carbons (Fsp3) is 0.533. The van der Waals surface area contributed by atoms with Gasteiger partial charge in [-0.15, -0.1) is 23.7 Å². The summed E-state index contributed by atoms with van der Waals surface area (Å²) < 4.78 is 14.2. The zero-order chi connectivity index (χ0) is 13.5. The van der Waals surface area contributed by atoms with Crippen LogP contribution in [-0.4, -0.2) is 35.1 Å². The second kappa shape index (κ2) is 6.16. The molecule has 2 aliphatic rings. The van der Waals surface area contributed by atoms with Gasteiger partial charge in [0.2, 0.25) is 0 Å². The van der Waals surface area contributed by atoms with Gasteiger partial charge in [-0.25, -0.2) is 9.37 Å². The molecular weight excluding hydrogens is 309 g/mol. The first kappa shape index (κ1) is 15.2. The quantitative estimate of drug-likeness (QED) is 0.935. The summed E-state index contributed by atoms with van der Waals surface area (Å²) in [6, 6.07) is 6.25. The SMILES string of the molecule is Cl.Fc1ccc2nc(CN(C3CC3)C3CCNC3)sc2c1. The maximum absolute atomic E-state index is 13.3. The van der Waals surface area contributed by atoms with Crippen LogP contribution in [0.5, 0.6) is 0 Å². The molecule has 1 N–H and O–H groups in total. The molecule has 1 atom stereocenters. The first-order valence-electron chi connectivity index (χ1n) is 7.31. The molecule has 0 amide bonds. The molecule has 1 aromatic carbocycles. The Bertz CT molecular complexity index is 622. The summed E-state index contributed by atoms with van der Waals surface area (Å²) in [4.78, 5) is 7.27. The van der Waals surface area contributed by atoms with Crippen LogP contribution in [0.25, 0.3) is 10.2 Å². The highest BCUT2D eigenvalue weighted by Gasteiger charge is 2.35. The molecule has 0 radical (unpaired) electrons. The number of rotatable bonds is 4. The summed E-state index contributed by atoms with van der Waals surface area (Å²) in [6.45, 7) is 3.13. The summed E-state index contributed by atoms with van der Waals surface area (Å²) in [7, 11) is 0. The van der Waals surface area contributed by atoms with Gasteiger partial charge in [0.05, 0.1) is 16.8 Å². The minimum Gasteiger partial charge on any atom is -0.315 e. The van der Waals surface area contributed by atoms with Gasteiger partial charge in [0, 0.05) is 18.6 Å². The number of halogens is 2. The highest BCUT2D eigenvalue weighted by molar-refractivity contribution is 7.18. The smallest absolute Gasteiger partial charge is 0.124 e.